The van der Waals surface area contributed by atoms with Crippen LogP contribution in [0.25, 0.3) is 0 Å². The van der Waals surface area contributed by atoms with Crippen molar-refractivity contribution in [2.45, 2.75) is 39.7 Å². The summed E-state index contributed by atoms with van der Waals surface area (Å²) in [4.78, 5) is 2.51. The summed E-state index contributed by atoms with van der Waals surface area (Å²) < 4.78 is 0. The van der Waals surface area contributed by atoms with Crippen LogP contribution in [0.3, 0.4) is 0 Å². The SMILES string of the molecule is CCCNC1CCN(c2cc(C)cc(C)c2)C1. The zero-order valence-electron chi connectivity index (χ0n) is 11.3. The van der Waals surface area contributed by atoms with Crippen molar-refractivity contribution in [1.29, 1.82) is 0 Å². The first-order valence-electron chi connectivity index (χ1n) is 6.75. The Morgan fingerprint density at radius 1 is 1.24 bits per heavy atom. The molecule has 1 heterocycles. The molecule has 0 saturated carbocycles. The monoisotopic (exact) mass is 232 g/mol. The molecule has 0 amide bonds. The molecule has 1 N–H and O–H groups in total. The first kappa shape index (κ1) is 12.4. The third-order valence-corrected chi connectivity index (χ3v) is 3.44. The van der Waals surface area contributed by atoms with E-state index in [1.54, 1.807) is 0 Å². The van der Waals surface area contributed by atoms with Gasteiger partial charge in [-0.1, -0.05) is 13.0 Å². The number of anilines is 1. The average Bonchev–Trinajstić information content (AvgIpc) is 2.73. The topological polar surface area (TPSA) is 15.3 Å². The molecule has 2 nitrogen and oxygen atoms in total. The van der Waals surface area contributed by atoms with Crippen LogP contribution < -0.4 is 10.2 Å². The summed E-state index contributed by atoms with van der Waals surface area (Å²) in [5, 5.41) is 3.62. The Labute approximate surface area is 105 Å². The lowest BCUT2D eigenvalue weighted by atomic mass is 10.1. The summed E-state index contributed by atoms with van der Waals surface area (Å²) in [6.07, 6.45) is 2.49. The van der Waals surface area contributed by atoms with Gasteiger partial charge < -0.3 is 10.2 Å². The normalized spacial score (nSPS) is 19.9. The Morgan fingerprint density at radius 2 is 1.94 bits per heavy atom. The summed E-state index contributed by atoms with van der Waals surface area (Å²) in [5.74, 6) is 0. The molecule has 0 radical (unpaired) electrons. The highest BCUT2D eigenvalue weighted by Crippen LogP contribution is 2.23. The van der Waals surface area contributed by atoms with E-state index in [1.165, 1.54) is 36.2 Å². The summed E-state index contributed by atoms with van der Waals surface area (Å²) in [6.45, 7) is 10.1. The van der Waals surface area contributed by atoms with E-state index >= 15 is 0 Å². The van der Waals surface area contributed by atoms with Crippen LogP contribution in [0.1, 0.15) is 30.9 Å². The second-order valence-corrected chi connectivity index (χ2v) is 5.23. The van der Waals surface area contributed by atoms with Gasteiger partial charge in [-0.25, -0.2) is 0 Å². The highest BCUT2D eigenvalue weighted by Gasteiger charge is 2.21. The van der Waals surface area contributed by atoms with E-state index in [0.29, 0.717) is 6.04 Å². The fourth-order valence-corrected chi connectivity index (χ4v) is 2.64. The van der Waals surface area contributed by atoms with E-state index in [9.17, 15) is 0 Å². The number of benzene rings is 1. The van der Waals surface area contributed by atoms with Crippen molar-refractivity contribution in [1.82, 2.24) is 5.32 Å². The molecule has 1 fully saturated rings. The Bertz CT molecular complexity index is 353. The zero-order valence-corrected chi connectivity index (χ0v) is 11.3. The quantitative estimate of drug-likeness (QED) is 0.858. The van der Waals surface area contributed by atoms with Crippen LogP contribution in [0.15, 0.2) is 18.2 Å². The molecule has 17 heavy (non-hydrogen) atoms. The number of hydrogen-bond acceptors (Lipinski definition) is 2. The van der Waals surface area contributed by atoms with Gasteiger partial charge in [0.1, 0.15) is 0 Å². The predicted molar refractivity (Wildman–Crippen MR) is 74.8 cm³/mol. The summed E-state index contributed by atoms with van der Waals surface area (Å²) in [5.41, 5.74) is 4.12. The number of nitrogens with one attached hydrogen (secondary N) is 1. The standard InChI is InChI=1S/C15H24N2/c1-4-6-16-14-5-7-17(11-14)15-9-12(2)8-13(3)10-15/h8-10,14,16H,4-7,11H2,1-3H3. The fourth-order valence-electron chi connectivity index (χ4n) is 2.64. The lowest BCUT2D eigenvalue weighted by molar-refractivity contribution is 0.549. The molecule has 0 aliphatic carbocycles. The number of hydrogen-bond donors (Lipinski definition) is 1. The van der Waals surface area contributed by atoms with Crippen LogP contribution in [0.5, 0.6) is 0 Å². The minimum Gasteiger partial charge on any atom is -0.370 e. The molecule has 2 rings (SSSR count). The average molecular weight is 232 g/mol. The van der Waals surface area contributed by atoms with Gasteiger partial charge >= 0.3 is 0 Å². The van der Waals surface area contributed by atoms with E-state index in [4.69, 9.17) is 0 Å². The van der Waals surface area contributed by atoms with Gasteiger partial charge in [0.25, 0.3) is 0 Å². The Morgan fingerprint density at radius 3 is 2.59 bits per heavy atom. The zero-order chi connectivity index (χ0) is 12.3. The minimum atomic E-state index is 0.677. The maximum atomic E-state index is 3.62. The molecule has 1 saturated heterocycles. The van der Waals surface area contributed by atoms with Gasteiger partial charge in [-0.05, 0) is 56.5 Å². The van der Waals surface area contributed by atoms with Gasteiger partial charge in [0.2, 0.25) is 0 Å². The molecule has 1 aliphatic rings. The van der Waals surface area contributed by atoms with Gasteiger partial charge in [0, 0.05) is 24.8 Å². The van der Waals surface area contributed by atoms with E-state index < -0.39 is 0 Å². The molecule has 2 heteroatoms. The molecule has 1 atom stereocenters. The maximum absolute atomic E-state index is 3.62. The Hall–Kier alpha value is -1.02. The largest absolute Gasteiger partial charge is 0.370 e. The lowest BCUT2D eigenvalue weighted by Crippen LogP contribution is -2.32. The minimum absolute atomic E-state index is 0.677. The maximum Gasteiger partial charge on any atom is 0.0372 e. The number of rotatable bonds is 4. The van der Waals surface area contributed by atoms with Gasteiger partial charge in [-0.3, -0.25) is 0 Å². The van der Waals surface area contributed by atoms with Crippen molar-refractivity contribution >= 4 is 5.69 Å². The molecule has 1 aliphatic heterocycles. The van der Waals surface area contributed by atoms with E-state index in [-0.39, 0.29) is 0 Å². The number of nitrogens with zero attached hydrogens (tertiary/aromatic N) is 1. The van der Waals surface area contributed by atoms with E-state index in [2.05, 4.69) is 49.2 Å². The fraction of sp³-hybridized carbons (Fsp3) is 0.600. The van der Waals surface area contributed by atoms with Crippen LogP contribution in [0.4, 0.5) is 5.69 Å². The van der Waals surface area contributed by atoms with Crippen LogP contribution in [0.2, 0.25) is 0 Å². The van der Waals surface area contributed by atoms with Crippen LogP contribution in [-0.4, -0.2) is 25.7 Å². The van der Waals surface area contributed by atoms with Crippen molar-refractivity contribution in [2.24, 2.45) is 0 Å². The highest BCUT2D eigenvalue weighted by atomic mass is 15.2. The van der Waals surface area contributed by atoms with Crippen molar-refractivity contribution < 1.29 is 0 Å². The van der Waals surface area contributed by atoms with Gasteiger partial charge in [0.15, 0.2) is 0 Å². The molecule has 0 spiro atoms. The third kappa shape index (κ3) is 3.22. The van der Waals surface area contributed by atoms with Crippen molar-refractivity contribution in [3.63, 3.8) is 0 Å². The molecule has 0 aromatic heterocycles. The second-order valence-electron chi connectivity index (χ2n) is 5.23. The summed E-state index contributed by atoms with van der Waals surface area (Å²) in [6, 6.07) is 7.52. The van der Waals surface area contributed by atoms with Gasteiger partial charge in [0.05, 0.1) is 0 Å². The number of aryl methyl sites for hydroxylation is 2. The van der Waals surface area contributed by atoms with Gasteiger partial charge in [-0.2, -0.15) is 0 Å². The second kappa shape index (κ2) is 5.54. The van der Waals surface area contributed by atoms with Crippen LogP contribution >= 0.6 is 0 Å². The smallest absolute Gasteiger partial charge is 0.0372 e. The predicted octanol–water partition coefficient (Wildman–Crippen LogP) is 2.88. The molecular formula is C15H24N2. The summed E-state index contributed by atoms with van der Waals surface area (Å²) in [7, 11) is 0. The molecule has 94 valence electrons. The van der Waals surface area contributed by atoms with Gasteiger partial charge in [-0.15, -0.1) is 0 Å². The summed E-state index contributed by atoms with van der Waals surface area (Å²) >= 11 is 0. The lowest BCUT2D eigenvalue weighted by Gasteiger charge is -2.20. The van der Waals surface area contributed by atoms with E-state index in [1.807, 2.05) is 0 Å². The van der Waals surface area contributed by atoms with Crippen molar-refractivity contribution in [3.8, 4) is 0 Å². The highest BCUT2D eigenvalue weighted by molar-refractivity contribution is 5.51. The molecule has 1 aromatic rings. The van der Waals surface area contributed by atoms with Crippen LogP contribution in [-0.2, 0) is 0 Å². The van der Waals surface area contributed by atoms with E-state index in [0.717, 1.165) is 13.1 Å². The van der Waals surface area contributed by atoms with Crippen molar-refractivity contribution in [3.05, 3.63) is 29.3 Å². The molecular weight excluding hydrogens is 208 g/mol. The Balaban J connectivity index is 1.99. The third-order valence-electron chi connectivity index (χ3n) is 3.44. The first-order chi connectivity index (χ1) is 8.19. The molecule has 0 bridgehead atoms. The van der Waals surface area contributed by atoms with Crippen molar-refractivity contribution in [2.75, 3.05) is 24.5 Å². The first-order valence-corrected chi connectivity index (χ1v) is 6.75. The molecule has 1 unspecified atom stereocenters. The van der Waals surface area contributed by atoms with Crippen LogP contribution in [0, 0.1) is 13.8 Å². The Kier molecular flexibility index (Phi) is 4.06. The molecule has 1 aromatic carbocycles.